The molecule has 1 unspecified atom stereocenters. The lowest BCUT2D eigenvalue weighted by Gasteiger charge is -2.10. The maximum atomic E-state index is 13.1. The minimum Gasteiger partial charge on any atom is -0.357 e. The summed E-state index contributed by atoms with van der Waals surface area (Å²) in [7, 11) is 0. The first-order valence-electron chi connectivity index (χ1n) is 7.04. The second kappa shape index (κ2) is 7.02. The Morgan fingerprint density at radius 3 is 2.96 bits per heavy atom. The molecule has 0 aliphatic heterocycles. The molecule has 0 saturated heterocycles. The Kier molecular flexibility index (Phi) is 5.03. The van der Waals surface area contributed by atoms with Crippen molar-refractivity contribution in [3.8, 4) is 0 Å². The van der Waals surface area contributed by atoms with Crippen LogP contribution in [0.15, 0.2) is 22.5 Å². The van der Waals surface area contributed by atoms with Gasteiger partial charge in [0.2, 0.25) is 11.0 Å². The zero-order valence-electron chi connectivity index (χ0n) is 12.2. The van der Waals surface area contributed by atoms with Crippen molar-refractivity contribution in [1.29, 1.82) is 0 Å². The molecule has 1 aliphatic carbocycles. The number of thioether (sulfide) groups is 1. The summed E-state index contributed by atoms with van der Waals surface area (Å²) in [4.78, 5) is 12.2. The average molecular weight is 373 g/mol. The normalized spacial score (nSPS) is 15.3. The molecule has 2 aromatic rings. The van der Waals surface area contributed by atoms with Crippen molar-refractivity contribution in [2.75, 3.05) is 10.6 Å². The molecule has 0 radical (unpaired) electrons. The summed E-state index contributed by atoms with van der Waals surface area (Å²) >= 11 is 8.47. The number of benzene rings is 1. The third-order valence-corrected chi connectivity index (χ3v) is 5.47. The summed E-state index contributed by atoms with van der Waals surface area (Å²) in [5, 5.41) is 14.5. The summed E-state index contributed by atoms with van der Waals surface area (Å²) in [6, 6.07) is 4.59. The van der Waals surface area contributed by atoms with E-state index in [-0.39, 0.29) is 16.2 Å². The minimum absolute atomic E-state index is 0.0250. The van der Waals surface area contributed by atoms with E-state index in [1.165, 1.54) is 54.1 Å². The molecule has 1 aromatic carbocycles. The maximum absolute atomic E-state index is 13.1. The fourth-order valence-electron chi connectivity index (χ4n) is 1.74. The summed E-state index contributed by atoms with van der Waals surface area (Å²) in [6.07, 6.45) is 2.34. The number of anilines is 2. The zero-order chi connectivity index (χ0) is 16.4. The van der Waals surface area contributed by atoms with E-state index in [9.17, 15) is 9.18 Å². The highest BCUT2D eigenvalue weighted by Gasteiger charge is 2.23. The third kappa shape index (κ3) is 4.55. The molecular formula is C14H14ClFN4OS2. The van der Waals surface area contributed by atoms with Crippen molar-refractivity contribution < 1.29 is 9.18 Å². The van der Waals surface area contributed by atoms with Gasteiger partial charge < -0.3 is 10.6 Å². The van der Waals surface area contributed by atoms with Crippen molar-refractivity contribution in [2.24, 2.45) is 0 Å². The van der Waals surface area contributed by atoms with Crippen LogP contribution in [0.25, 0.3) is 0 Å². The van der Waals surface area contributed by atoms with Crippen LogP contribution in [-0.4, -0.2) is 27.4 Å². The van der Waals surface area contributed by atoms with Gasteiger partial charge in [-0.1, -0.05) is 34.7 Å². The molecule has 1 heterocycles. The van der Waals surface area contributed by atoms with Crippen LogP contribution in [0.2, 0.25) is 5.02 Å². The zero-order valence-corrected chi connectivity index (χ0v) is 14.6. The van der Waals surface area contributed by atoms with E-state index < -0.39 is 5.82 Å². The molecule has 1 saturated carbocycles. The molecule has 9 heteroatoms. The fraction of sp³-hybridized carbons (Fsp3) is 0.357. The first kappa shape index (κ1) is 16.5. The number of rotatable bonds is 6. The maximum Gasteiger partial charge on any atom is 0.237 e. The van der Waals surface area contributed by atoms with E-state index in [2.05, 4.69) is 20.8 Å². The van der Waals surface area contributed by atoms with E-state index in [0.29, 0.717) is 11.7 Å². The number of hydrogen-bond donors (Lipinski definition) is 2. The van der Waals surface area contributed by atoms with Crippen LogP contribution in [-0.2, 0) is 4.79 Å². The molecule has 0 bridgehead atoms. The fourth-order valence-corrected chi connectivity index (χ4v) is 3.89. The minimum atomic E-state index is -0.517. The molecule has 3 rings (SSSR count). The molecule has 5 nitrogen and oxygen atoms in total. The lowest BCUT2D eigenvalue weighted by atomic mass is 10.3. The van der Waals surface area contributed by atoms with Crippen LogP contribution in [0.4, 0.5) is 15.2 Å². The number of nitrogens with one attached hydrogen (secondary N) is 2. The lowest BCUT2D eigenvalue weighted by Crippen LogP contribution is -2.22. The summed E-state index contributed by atoms with van der Waals surface area (Å²) in [6.45, 7) is 1.78. The summed E-state index contributed by atoms with van der Waals surface area (Å²) in [5.74, 6) is -0.721. The Bertz CT molecular complexity index is 723. The van der Waals surface area contributed by atoms with Gasteiger partial charge in [0, 0.05) is 11.7 Å². The topological polar surface area (TPSA) is 66.9 Å². The van der Waals surface area contributed by atoms with Gasteiger partial charge in [0.25, 0.3) is 0 Å². The highest BCUT2D eigenvalue weighted by Crippen LogP contribution is 2.32. The van der Waals surface area contributed by atoms with Crippen molar-refractivity contribution in [3.05, 3.63) is 29.0 Å². The van der Waals surface area contributed by atoms with E-state index in [4.69, 9.17) is 11.6 Å². The van der Waals surface area contributed by atoms with Gasteiger partial charge in [0.15, 0.2) is 4.34 Å². The predicted molar refractivity (Wildman–Crippen MR) is 91.9 cm³/mol. The van der Waals surface area contributed by atoms with Crippen molar-refractivity contribution in [3.63, 3.8) is 0 Å². The third-order valence-electron chi connectivity index (χ3n) is 3.15. The number of hydrogen-bond acceptors (Lipinski definition) is 6. The van der Waals surface area contributed by atoms with Crippen LogP contribution in [0, 0.1) is 5.82 Å². The van der Waals surface area contributed by atoms with Crippen LogP contribution < -0.4 is 10.6 Å². The van der Waals surface area contributed by atoms with Crippen LogP contribution >= 0.6 is 34.7 Å². The Labute approximate surface area is 146 Å². The van der Waals surface area contributed by atoms with Crippen molar-refractivity contribution in [1.82, 2.24) is 10.2 Å². The number of aromatic nitrogens is 2. The lowest BCUT2D eigenvalue weighted by molar-refractivity contribution is -0.115. The Hall–Kier alpha value is -1.38. The first-order chi connectivity index (χ1) is 11.0. The Morgan fingerprint density at radius 2 is 2.26 bits per heavy atom. The molecule has 1 amide bonds. The second-order valence-corrected chi connectivity index (χ2v) is 8.14. The van der Waals surface area contributed by atoms with Gasteiger partial charge in [0.05, 0.1) is 10.3 Å². The quantitative estimate of drug-likeness (QED) is 0.749. The number of nitrogens with zero attached hydrogens (tertiary/aromatic N) is 2. The highest BCUT2D eigenvalue weighted by atomic mass is 35.5. The average Bonchev–Trinajstić information content (AvgIpc) is 3.21. The molecule has 23 heavy (non-hydrogen) atoms. The van der Waals surface area contributed by atoms with Gasteiger partial charge >= 0.3 is 0 Å². The Morgan fingerprint density at radius 1 is 1.48 bits per heavy atom. The van der Waals surface area contributed by atoms with E-state index >= 15 is 0 Å². The number of halogens is 2. The molecule has 122 valence electrons. The van der Waals surface area contributed by atoms with Crippen LogP contribution in [0.5, 0.6) is 0 Å². The molecular weight excluding hydrogens is 359 g/mol. The molecule has 2 N–H and O–H groups in total. The van der Waals surface area contributed by atoms with Crippen LogP contribution in [0.1, 0.15) is 19.8 Å². The second-order valence-electron chi connectivity index (χ2n) is 5.17. The smallest absolute Gasteiger partial charge is 0.237 e. The number of amides is 1. The van der Waals surface area contributed by atoms with Crippen LogP contribution in [0.3, 0.4) is 0 Å². The molecule has 1 aromatic heterocycles. The standard InChI is InChI=1S/C14H14ClFN4OS2/c1-7(12(21)17-9-4-5-11(16)10(15)6-9)22-14-20-19-13(23-14)18-8-2-3-8/h4-8H,2-3H2,1H3,(H,17,21)(H,18,19). The van der Waals surface area contributed by atoms with Gasteiger partial charge in [-0.15, -0.1) is 10.2 Å². The monoisotopic (exact) mass is 372 g/mol. The highest BCUT2D eigenvalue weighted by molar-refractivity contribution is 8.02. The summed E-state index contributed by atoms with van der Waals surface area (Å²) in [5.41, 5.74) is 0.460. The van der Waals surface area contributed by atoms with Gasteiger partial charge in [-0.3, -0.25) is 4.79 Å². The van der Waals surface area contributed by atoms with Gasteiger partial charge in [-0.05, 0) is 38.0 Å². The van der Waals surface area contributed by atoms with Gasteiger partial charge in [-0.25, -0.2) is 4.39 Å². The van der Waals surface area contributed by atoms with E-state index in [1.54, 1.807) is 6.92 Å². The predicted octanol–water partition coefficient (Wildman–Crippen LogP) is 4.02. The SMILES string of the molecule is CC(Sc1nnc(NC2CC2)s1)C(=O)Nc1ccc(F)c(Cl)c1. The van der Waals surface area contributed by atoms with Gasteiger partial charge in [-0.2, -0.15) is 0 Å². The van der Waals surface area contributed by atoms with Crippen molar-refractivity contribution >= 4 is 51.4 Å². The van der Waals surface area contributed by atoms with Gasteiger partial charge in [0.1, 0.15) is 5.82 Å². The molecule has 0 spiro atoms. The summed E-state index contributed by atoms with van der Waals surface area (Å²) < 4.78 is 13.8. The number of carbonyl (C=O) groups is 1. The largest absolute Gasteiger partial charge is 0.357 e. The Balaban J connectivity index is 1.56. The first-order valence-corrected chi connectivity index (χ1v) is 9.11. The number of carbonyl (C=O) groups excluding carboxylic acids is 1. The molecule has 1 atom stereocenters. The van der Waals surface area contributed by atoms with E-state index in [1.807, 2.05) is 0 Å². The molecule has 1 fully saturated rings. The van der Waals surface area contributed by atoms with E-state index in [0.717, 1.165) is 9.47 Å². The molecule has 1 aliphatic rings. The van der Waals surface area contributed by atoms with Crippen molar-refractivity contribution in [2.45, 2.75) is 35.4 Å².